The molecule has 0 radical (unpaired) electrons. The van der Waals surface area contributed by atoms with E-state index in [4.69, 9.17) is 11.6 Å². The van der Waals surface area contributed by atoms with E-state index in [2.05, 4.69) is 20.2 Å². The van der Waals surface area contributed by atoms with Crippen molar-refractivity contribution in [3.63, 3.8) is 0 Å². The minimum absolute atomic E-state index is 0.560. The summed E-state index contributed by atoms with van der Waals surface area (Å²) in [6.45, 7) is 0. The third-order valence-corrected chi connectivity index (χ3v) is 2.57. The van der Waals surface area contributed by atoms with Gasteiger partial charge in [-0.05, 0) is 18.4 Å². The summed E-state index contributed by atoms with van der Waals surface area (Å²) in [4.78, 5) is 8.42. The molecule has 0 fully saturated rings. The molecule has 2 heterocycles. The highest BCUT2D eigenvalue weighted by atomic mass is 35.5. The van der Waals surface area contributed by atoms with E-state index in [1.54, 1.807) is 24.5 Å². The summed E-state index contributed by atoms with van der Waals surface area (Å²) in [6.07, 6.45) is 5.11. The van der Waals surface area contributed by atoms with Gasteiger partial charge in [0.2, 0.25) is 5.16 Å². The normalized spacial score (nSPS) is 10.3. The first kappa shape index (κ1) is 10.3. The average Bonchev–Trinajstić information content (AvgIpc) is 2.30. The topological polar surface area (TPSA) is 51.6 Å². The molecule has 0 bridgehead atoms. The van der Waals surface area contributed by atoms with Crippen LogP contribution in [0.3, 0.4) is 0 Å². The zero-order valence-corrected chi connectivity index (χ0v) is 9.46. The second kappa shape index (κ2) is 4.55. The number of hydrogen-bond acceptors (Lipinski definition) is 5. The summed E-state index contributed by atoms with van der Waals surface area (Å²) in [5.74, 6) is 0. The predicted molar refractivity (Wildman–Crippen MR) is 59.8 cm³/mol. The van der Waals surface area contributed by atoms with Gasteiger partial charge < -0.3 is 0 Å². The maximum absolute atomic E-state index is 6.00. The van der Waals surface area contributed by atoms with Crippen LogP contribution in [0.4, 0.5) is 0 Å². The molecule has 0 unspecified atom stereocenters. The fraction of sp³-hybridized carbons (Fsp3) is 0.111. The Morgan fingerprint density at radius 3 is 3.00 bits per heavy atom. The van der Waals surface area contributed by atoms with Crippen molar-refractivity contribution < 1.29 is 0 Å². The van der Waals surface area contributed by atoms with Gasteiger partial charge >= 0.3 is 0 Å². The summed E-state index contributed by atoms with van der Waals surface area (Å²) >= 11 is 7.42. The molecule has 76 valence electrons. The predicted octanol–water partition coefficient (Wildman–Crippen LogP) is 2.31. The molecular weight excluding hydrogens is 232 g/mol. The summed E-state index contributed by atoms with van der Waals surface area (Å²) < 4.78 is 0. The molecule has 15 heavy (non-hydrogen) atoms. The highest BCUT2D eigenvalue weighted by Gasteiger charge is 2.07. The number of thioether (sulfide) groups is 1. The molecule has 0 saturated heterocycles. The van der Waals surface area contributed by atoms with Crippen molar-refractivity contribution in [2.75, 3.05) is 6.26 Å². The molecule has 0 N–H and O–H groups in total. The standard InChI is InChI=1S/C9H7ClN4S/c1-15-9-13-7(5-12-14-9)8-6(10)3-2-4-11-8/h2-5H,1H3. The maximum Gasteiger partial charge on any atom is 0.209 e. The summed E-state index contributed by atoms with van der Waals surface area (Å²) in [5, 5.41) is 8.85. The van der Waals surface area contributed by atoms with Crippen molar-refractivity contribution in [1.82, 2.24) is 20.2 Å². The van der Waals surface area contributed by atoms with Gasteiger partial charge in [0.15, 0.2) is 0 Å². The fourth-order valence-electron chi connectivity index (χ4n) is 1.06. The van der Waals surface area contributed by atoms with Gasteiger partial charge in [-0.3, -0.25) is 4.98 Å². The van der Waals surface area contributed by atoms with Crippen LogP contribution in [0, 0.1) is 0 Å². The first-order valence-electron chi connectivity index (χ1n) is 4.16. The Morgan fingerprint density at radius 1 is 1.40 bits per heavy atom. The van der Waals surface area contributed by atoms with Gasteiger partial charge in [0.1, 0.15) is 11.4 Å². The average molecular weight is 239 g/mol. The van der Waals surface area contributed by atoms with E-state index >= 15 is 0 Å². The van der Waals surface area contributed by atoms with Gasteiger partial charge in [-0.1, -0.05) is 23.4 Å². The molecule has 0 spiro atoms. The second-order valence-corrected chi connectivity index (χ2v) is 3.84. The third-order valence-electron chi connectivity index (χ3n) is 1.72. The lowest BCUT2D eigenvalue weighted by Crippen LogP contribution is -1.94. The van der Waals surface area contributed by atoms with E-state index < -0.39 is 0 Å². The minimum atomic E-state index is 0.560. The number of nitrogens with zero attached hydrogens (tertiary/aromatic N) is 4. The van der Waals surface area contributed by atoms with Crippen LogP contribution in [0.2, 0.25) is 5.02 Å². The molecular formula is C9H7ClN4S. The number of pyridine rings is 1. The van der Waals surface area contributed by atoms with E-state index in [1.165, 1.54) is 11.8 Å². The van der Waals surface area contributed by atoms with Crippen LogP contribution in [-0.2, 0) is 0 Å². The lowest BCUT2D eigenvalue weighted by atomic mass is 10.3. The van der Waals surface area contributed by atoms with Crippen molar-refractivity contribution in [1.29, 1.82) is 0 Å². The van der Waals surface area contributed by atoms with Gasteiger partial charge in [0.05, 0.1) is 11.2 Å². The first-order chi connectivity index (χ1) is 7.31. The molecule has 0 aliphatic heterocycles. The number of rotatable bonds is 2. The minimum Gasteiger partial charge on any atom is -0.253 e. The number of hydrogen-bond donors (Lipinski definition) is 0. The van der Waals surface area contributed by atoms with Crippen LogP contribution in [0.1, 0.15) is 0 Å². The largest absolute Gasteiger partial charge is 0.253 e. The Labute approximate surface area is 96.1 Å². The Kier molecular flexibility index (Phi) is 3.13. The summed E-state index contributed by atoms with van der Waals surface area (Å²) in [7, 11) is 0. The van der Waals surface area contributed by atoms with Gasteiger partial charge in [-0.15, -0.1) is 5.10 Å². The summed E-state index contributed by atoms with van der Waals surface area (Å²) in [6, 6.07) is 3.54. The highest BCUT2D eigenvalue weighted by molar-refractivity contribution is 7.98. The Morgan fingerprint density at radius 2 is 2.27 bits per heavy atom. The Hall–Kier alpha value is -1.20. The second-order valence-electron chi connectivity index (χ2n) is 2.66. The van der Waals surface area contributed by atoms with Crippen molar-refractivity contribution in [2.24, 2.45) is 0 Å². The Balaban J connectivity index is 2.49. The number of halogens is 1. The van der Waals surface area contributed by atoms with Crippen LogP contribution in [0.25, 0.3) is 11.4 Å². The molecule has 2 rings (SSSR count). The molecule has 6 heteroatoms. The molecule has 0 saturated carbocycles. The highest BCUT2D eigenvalue weighted by Crippen LogP contribution is 2.23. The first-order valence-corrected chi connectivity index (χ1v) is 5.76. The quantitative estimate of drug-likeness (QED) is 0.752. The van der Waals surface area contributed by atoms with Crippen molar-refractivity contribution in [3.8, 4) is 11.4 Å². The molecule has 0 atom stereocenters. The van der Waals surface area contributed by atoms with Gasteiger partial charge in [0, 0.05) is 6.20 Å². The SMILES string of the molecule is CSc1nncc(-c2ncccc2Cl)n1. The monoisotopic (exact) mass is 238 g/mol. The Bertz CT molecular complexity index is 477. The van der Waals surface area contributed by atoms with E-state index in [-0.39, 0.29) is 0 Å². The summed E-state index contributed by atoms with van der Waals surface area (Å²) in [5.41, 5.74) is 1.27. The molecule has 2 aromatic heterocycles. The van der Waals surface area contributed by atoms with E-state index in [1.807, 2.05) is 6.26 Å². The van der Waals surface area contributed by atoms with Crippen LogP contribution >= 0.6 is 23.4 Å². The van der Waals surface area contributed by atoms with Crippen molar-refractivity contribution in [2.45, 2.75) is 5.16 Å². The smallest absolute Gasteiger partial charge is 0.209 e. The van der Waals surface area contributed by atoms with Gasteiger partial charge in [-0.2, -0.15) is 5.10 Å². The van der Waals surface area contributed by atoms with E-state index in [9.17, 15) is 0 Å². The zero-order chi connectivity index (χ0) is 10.7. The number of aromatic nitrogens is 4. The lowest BCUT2D eigenvalue weighted by molar-refractivity contribution is 0.843. The van der Waals surface area contributed by atoms with Crippen LogP contribution in [0.15, 0.2) is 29.7 Å². The fourth-order valence-corrected chi connectivity index (χ4v) is 1.60. The van der Waals surface area contributed by atoms with E-state index in [0.29, 0.717) is 21.6 Å². The molecule has 0 amide bonds. The van der Waals surface area contributed by atoms with Gasteiger partial charge in [0.25, 0.3) is 0 Å². The molecule has 0 aliphatic carbocycles. The lowest BCUT2D eigenvalue weighted by Gasteiger charge is -2.01. The van der Waals surface area contributed by atoms with E-state index in [0.717, 1.165) is 0 Å². The molecule has 2 aromatic rings. The van der Waals surface area contributed by atoms with Crippen LogP contribution < -0.4 is 0 Å². The zero-order valence-electron chi connectivity index (χ0n) is 7.88. The maximum atomic E-state index is 6.00. The van der Waals surface area contributed by atoms with Crippen molar-refractivity contribution >= 4 is 23.4 Å². The molecule has 4 nitrogen and oxygen atoms in total. The van der Waals surface area contributed by atoms with Crippen LogP contribution in [0.5, 0.6) is 0 Å². The molecule has 0 aromatic carbocycles. The van der Waals surface area contributed by atoms with Gasteiger partial charge in [-0.25, -0.2) is 4.98 Å². The van der Waals surface area contributed by atoms with Crippen LogP contribution in [-0.4, -0.2) is 26.4 Å². The molecule has 0 aliphatic rings. The third kappa shape index (κ3) is 2.24. The van der Waals surface area contributed by atoms with Crippen molar-refractivity contribution in [3.05, 3.63) is 29.5 Å².